The highest BCUT2D eigenvalue weighted by Crippen LogP contribution is 2.33. The van der Waals surface area contributed by atoms with Gasteiger partial charge in [0.25, 0.3) is 0 Å². The average Bonchev–Trinajstić information content (AvgIpc) is 2.40. The lowest BCUT2D eigenvalue weighted by Crippen LogP contribution is -2.86. The Bertz CT molecular complexity index is 300. The van der Waals surface area contributed by atoms with E-state index in [1.807, 2.05) is 0 Å². The first-order chi connectivity index (χ1) is 8.99. The summed E-state index contributed by atoms with van der Waals surface area (Å²) in [6.45, 7) is 8.84. The number of quaternary nitrogens is 1. The van der Waals surface area contributed by atoms with E-state index < -0.39 is 0 Å². The van der Waals surface area contributed by atoms with Crippen molar-refractivity contribution in [3.05, 3.63) is 0 Å². The second-order valence-corrected chi connectivity index (χ2v) is 7.12. The maximum Gasteiger partial charge on any atom is 0.309 e. The largest absolute Gasteiger partial charge is 0.459 e. The first-order valence-corrected chi connectivity index (χ1v) is 8.03. The highest BCUT2D eigenvalue weighted by molar-refractivity contribution is 5.73. The summed E-state index contributed by atoms with van der Waals surface area (Å²) in [5, 5.41) is 2.36. The van der Waals surface area contributed by atoms with Gasteiger partial charge in [0, 0.05) is 18.8 Å². The van der Waals surface area contributed by atoms with Gasteiger partial charge in [-0.2, -0.15) is 0 Å². The van der Waals surface area contributed by atoms with Crippen LogP contribution in [-0.2, 0) is 9.53 Å². The summed E-state index contributed by atoms with van der Waals surface area (Å²) in [6.07, 6.45) is 6.74. The maximum atomic E-state index is 12.3. The summed E-state index contributed by atoms with van der Waals surface area (Å²) in [7, 11) is 0. The number of esters is 1. The zero-order valence-electron chi connectivity index (χ0n) is 12.8. The van der Waals surface area contributed by atoms with Crippen LogP contribution in [0.5, 0.6) is 0 Å². The van der Waals surface area contributed by atoms with Crippen LogP contribution in [0, 0.1) is 17.8 Å². The Morgan fingerprint density at radius 3 is 2.21 bits per heavy atom. The van der Waals surface area contributed by atoms with E-state index in [-0.39, 0.29) is 17.5 Å². The van der Waals surface area contributed by atoms with E-state index in [0.29, 0.717) is 5.92 Å². The van der Waals surface area contributed by atoms with Crippen molar-refractivity contribution in [1.29, 1.82) is 0 Å². The fraction of sp³-hybridized carbons (Fsp3) is 0.938. The van der Waals surface area contributed by atoms with Crippen LogP contribution in [0.2, 0.25) is 0 Å². The molecule has 2 fully saturated rings. The van der Waals surface area contributed by atoms with Gasteiger partial charge in [-0.15, -0.1) is 0 Å². The quantitative estimate of drug-likeness (QED) is 0.797. The molecule has 1 heterocycles. The monoisotopic (exact) mass is 268 g/mol. The number of hydrogen-bond donors (Lipinski definition) is 1. The van der Waals surface area contributed by atoms with Crippen LogP contribution in [0.25, 0.3) is 0 Å². The Balaban J connectivity index is 1.86. The van der Waals surface area contributed by atoms with Crippen LogP contribution in [-0.4, -0.2) is 24.7 Å². The number of carbonyl (C=O) groups excluding carboxylic acids is 1. The van der Waals surface area contributed by atoms with Gasteiger partial charge in [-0.05, 0) is 45.4 Å². The number of ether oxygens (including phenoxy) is 1. The van der Waals surface area contributed by atoms with Gasteiger partial charge in [-0.25, -0.2) is 0 Å². The van der Waals surface area contributed by atoms with Crippen molar-refractivity contribution in [2.45, 2.75) is 64.9 Å². The van der Waals surface area contributed by atoms with Crippen molar-refractivity contribution in [3.8, 4) is 0 Å². The molecular weight excluding hydrogens is 238 g/mol. The van der Waals surface area contributed by atoms with Gasteiger partial charge in [0.05, 0.1) is 19.0 Å². The number of nitrogens with two attached hydrogens (primary N) is 1. The summed E-state index contributed by atoms with van der Waals surface area (Å²) in [5.74, 6) is 1.53. The lowest BCUT2D eigenvalue weighted by Gasteiger charge is -2.37. The molecule has 0 spiro atoms. The summed E-state index contributed by atoms with van der Waals surface area (Å²) in [6, 6.07) is 0. The molecule has 0 bridgehead atoms. The number of piperidine rings is 1. The number of hydrogen-bond acceptors (Lipinski definition) is 2. The Kier molecular flexibility index (Phi) is 4.88. The standard InChI is InChI=1S/C16H29NO2/c1-12-4-6-13(7-5-12)15(18)19-16(2,3)14-8-10-17-11-9-14/h12-14,17H,4-11H2,1-3H3/p+1. The summed E-state index contributed by atoms with van der Waals surface area (Å²) < 4.78 is 5.90. The zero-order chi connectivity index (χ0) is 13.9. The van der Waals surface area contributed by atoms with Gasteiger partial charge in [-0.1, -0.05) is 6.92 Å². The number of carbonyl (C=O) groups is 1. The lowest BCUT2D eigenvalue weighted by atomic mass is 9.81. The Labute approximate surface area is 117 Å². The van der Waals surface area contributed by atoms with Gasteiger partial charge in [-0.3, -0.25) is 4.79 Å². The molecule has 1 aliphatic heterocycles. The summed E-state index contributed by atoms with van der Waals surface area (Å²) >= 11 is 0. The fourth-order valence-electron chi connectivity index (χ4n) is 3.54. The SMILES string of the molecule is CC1CCC(C(=O)OC(C)(C)C2CC[NH2+]CC2)CC1. The number of rotatable bonds is 3. The van der Waals surface area contributed by atoms with Gasteiger partial charge >= 0.3 is 5.97 Å². The van der Waals surface area contributed by atoms with Gasteiger partial charge in [0.15, 0.2) is 0 Å². The van der Waals surface area contributed by atoms with Crippen molar-refractivity contribution in [2.24, 2.45) is 17.8 Å². The topological polar surface area (TPSA) is 42.9 Å². The first-order valence-electron chi connectivity index (χ1n) is 8.03. The Morgan fingerprint density at radius 1 is 1.05 bits per heavy atom. The van der Waals surface area contributed by atoms with Crippen LogP contribution < -0.4 is 5.32 Å². The van der Waals surface area contributed by atoms with Crippen LogP contribution >= 0.6 is 0 Å². The molecular formula is C16H30NO2+. The second-order valence-electron chi connectivity index (χ2n) is 7.12. The summed E-state index contributed by atoms with van der Waals surface area (Å²) in [5.41, 5.74) is -0.283. The van der Waals surface area contributed by atoms with Gasteiger partial charge in [0.1, 0.15) is 5.60 Å². The molecule has 2 N–H and O–H groups in total. The van der Waals surface area contributed by atoms with Gasteiger partial charge in [0.2, 0.25) is 0 Å². The fourth-order valence-corrected chi connectivity index (χ4v) is 3.54. The lowest BCUT2D eigenvalue weighted by molar-refractivity contribution is -0.665. The van der Waals surface area contributed by atoms with E-state index in [1.165, 1.54) is 38.8 Å². The van der Waals surface area contributed by atoms with Crippen molar-refractivity contribution >= 4 is 5.97 Å². The molecule has 19 heavy (non-hydrogen) atoms. The van der Waals surface area contributed by atoms with Gasteiger partial charge < -0.3 is 10.1 Å². The molecule has 3 heteroatoms. The molecule has 0 radical (unpaired) electrons. The predicted molar refractivity (Wildman–Crippen MR) is 75.7 cm³/mol. The zero-order valence-corrected chi connectivity index (χ0v) is 12.8. The third-order valence-electron chi connectivity index (χ3n) is 5.13. The van der Waals surface area contributed by atoms with Crippen molar-refractivity contribution < 1.29 is 14.8 Å². The van der Waals surface area contributed by atoms with Crippen molar-refractivity contribution in [3.63, 3.8) is 0 Å². The third-order valence-corrected chi connectivity index (χ3v) is 5.13. The summed E-state index contributed by atoms with van der Waals surface area (Å²) in [4.78, 5) is 12.3. The average molecular weight is 268 g/mol. The normalized spacial score (nSPS) is 30.1. The first kappa shape index (κ1) is 14.8. The van der Waals surface area contributed by atoms with Crippen molar-refractivity contribution in [1.82, 2.24) is 0 Å². The van der Waals surface area contributed by atoms with E-state index in [0.717, 1.165) is 18.8 Å². The third kappa shape index (κ3) is 3.95. The predicted octanol–water partition coefficient (Wildman–Crippen LogP) is 2.11. The molecule has 3 nitrogen and oxygen atoms in total. The molecule has 0 aromatic carbocycles. The second kappa shape index (κ2) is 6.25. The smallest absolute Gasteiger partial charge is 0.309 e. The van der Waals surface area contributed by atoms with E-state index in [4.69, 9.17) is 4.74 Å². The van der Waals surface area contributed by atoms with Crippen LogP contribution in [0.3, 0.4) is 0 Å². The molecule has 1 saturated carbocycles. The Hall–Kier alpha value is -0.570. The molecule has 1 saturated heterocycles. The van der Waals surface area contributed by atoms with E-state index in [9.17, 15) is 4.79 Å². The molecule has 0 unspecified atom stereocenters. The van der Waals surface area contributed by atoms with E-state index in [2.05, 4.69) is 26.1 Å². The molecule has 0 atom stereocenters. The maximum absolute atomic E-state index is 12.3. The molecule has 1 aliphatic carbocycles. The molecule has 0 aromatic rings. The Morgan fingerprint density at radius 2 is 1.63 bits per heavy atom. The molecule has 0 amide bonds. The van der Waals surface area contributed by atoms with Crippen molar-refractivity contribution in [2.75, 3.05) is 13.1 Å². The highest BCUT2D eigenvalue weighted by Gasteiger charge is 2.37. The minimum absolute atomic E-state index is 0.0615. The molecule has 110 valence electrons. The minimum Gasteiger partial charge on any atom is -0.459 e. The minimum atomic E-state index is -0.283. The van der Waals surface area contributed by atoms with Crippen LogP contribution in [0.4, 0.5) is 0 Å². The van der Waals surface area contributed by atoms with E-state index in [1.54, 1.807) is 0 Å². The van der Waals surface area contributed by atoms with E-state index >= 15 is 0 Å². The molecule has 0 aromatic heterocycles. The van der Waals surface area contributed by atoms with Crippen LogP contribution in [0.15, 0.2) is 0 Å². The molecule has 2 rings (SSSR count). The van der Waals surface area contributed by atoms with Crippen LogP contribution in [0.1, 0.15) is 59.3 Å². The molecule has 2 aliphatic rings. The highest BCUT2D eigenvalue weighted by atomic mass is 16.6.